The van der Waals surface area contributed by atoms with E-state index in [0.717, 1.165) is 5.54 Å². The molecule has 0 bridgehead atoms. The molecule has 1 aliphatic heterocycles. The third-order valence-electron chi connectivity index (χ3n) is 3.02. The number of nitrogens with zero attached hydrogens (tertiary/aromatic N) is 1. The van der Waals surface area contributed by atoms with Gasteiger partial charge in [0.25, 0.3) is 0 Å². The minimum Gasteiger partial charge on any atom is -0.301 e. The Bertz CT molecular complexity index is 127. The standard InChI is InChI=1S/C8H15N.C3H8.C2H6/c1-9-7-3-2-4-8(9)5-6-8;1-3-2;1-2/h2-7H2,1H3;3H2,1-2H3;1-2H3. The topological polar surface area (TPSA) is 3.24 Å². The molecule has 1 heterocycles. The van der Waals surface area contributed by atoms with Crippen molar-refractivity contribution in [1.29, 1.82) is 0 Å². The van der Waals surface area contributed by atoms with E-state index in [-0.39, 0.29) is 0 Å². The quantitative estimate of drug-likeness (QED) is 0.568. The zero-order valence-corrected chi connectivity index (χ0v) is 10.9. The molecule has 1 nitrogen and oxygen atoms in total. The number of rotatable bonds is 0. The molecule has 86 valence electrons. The van der Waals surface area contributed by atoms with Crippen LogP contribution in [-0.2, 0) is 0 Å². The van der Waals surface area contributed by atoms with Gasteiger partial charge in [0, 0.05) is 5.54 Å². The maximum absolute atomic E-state index is 2.57. The van der Waals surface area contributed by atoms with Crippen LogP contribution in [0.25, 0.3) is 0 Å². The van der Waals surface area contributed by atoms with Crippen molar-refractivity contribution >= 4 is 0 Å². The van der Waals surface area contributed by atoms with E-state index in [1.807, 2.05) is 13.8 Å². The van der Waals surface area contributed by atoms with Crippen molar-refractivity contribution in [3.05, 3.63) is 0 Å². The summed E-state index contributed by atoms with van der Waals surface area (Å²) in [4.78, 5) is 2.57. The first-order chi connectivity index (χ1) is 6.75. The fourth-order valence-electron chi connectivity index (χ4n) is 2.01. The van der Waals surface area contributed by atoms with E-state index >= 15 is 0 Å². The van der Waals surface area contributed by atoms with Gasteiger partial charge in [0.05, 0.1) is 0 Å². The summed E-state index contributed by atoms with van der Waals surface area (Å²) in [5, 5.41) is 0. The van der Waals surface area contributed by atoms with E-state index in [9.17, 15) is 0 Å². The Balaban J connectivity index is 0.000000294. The summed E-state index contributed by atoms with van der Waals surface area (Å²) in [5.74, 6) is 0. The van der Waals surface area contributed by atoms with Gasteiger partial charge in [-0.2, -0.15) is 0 Å². The molecule has 0 atom stereocenters. The van der Waals surface area contributed by atoms with Crippen LogP contribution in [0.4, 0.5) is 0 Å². The Labute approximate surface area is 90.9 Å². The minimum atomic E-state index is 0.720. The SMILES string of the molecule is CC.CCC.CN1CCCCC12CC2. The Hall–Kier alpha value is -0.0400. The molecule has 0 amide bonds. The van der Waals surface area contributed by atoms with Gasteiger partial charge in [0.15, 0.2) is 0 Å². The average Bonchev–Trinajstić information content (AvgIpc) is 2.97. The number of likely N-dealkylation sites (tertiary alicyclic amines) is 1. The maximum atomic E-state index is 2.57. The van der Waals surface area contributed by atoms with Gasteiger partial charge in [-0.25, -0.2) is 0 Å². The van der Waals surface area contributed by atoms with Gasteiger partial charge in [-0.15, -0.1) is 0 Å². The predicted octanol–water partition coefficient (Wildman–Crippen LogP) is 4.08. The predicted molar refractivity (Wildman–Crippen MR) is 65.8 cm³/mol. The van der Waals surface area contributed by atoms with Crippen LogP contribution < -0.4 is 0 Å². The van der Waals surface area contributed by atoms with Crippen molar-refractivity contribution in [1.82, 2.24) is 4.90 Å². The highest BCUT2D eigenvalue weighted by molar-refractivity contribution is 5.04. The fraction of sp³-hybridized carbons (Fsp3) is 1.00. The van der Waals surface area contributed by atoms with Gasteiger partial charge in [-0.05, 0) is 39.3 Å². The van der Waals surface area contributed by atoms with Gasteiger partial charge < -0.3 is 4.90 Å². The molecule has 0 aromatic carbocycles. The molecule has 1 saturated carbocycles. The highest BCUT2D eigenvalue weighted by Crippen LogP contribution is 2.47. The first-order valence-electron chi connectivity index (χ1n) is 6.46. The summed E-state index contributed by atoms with van der Waals surface area (Å²) >= 11 is 0. The van der Waals surface area contributed by atoms with Crippen LogP contribution in [0.3, 0.4) is 0 Å². The Morgan fingerprint density at radius 1 is 1.00 bits per heavy atom. The maximum Gasteiger partial charge on any atom is 0.0207 e. The Morgan fingerprint density at radius 3 is 1.79 bits per heavy atom. The molecular weight excluding hydrogens is 170 g/mol. The average molecular weight is 199 g/mol. The summed E-state index contributed by atoms with van der Waals surface area (Å²) in [5.41, 5.74) is 0.720. The lowest BCUT2D eigenvalue weighted by Crippen LogP contribution is -2.37. The smallest absolute Gasteiger partial charge is 0.0207 e. The molecule has 0 aromatic heterocycles. The molecule has 1 aliphatic carbocycles. The largest absolute Gasteiger partial charge is 0.301 e. The fourth-order valence-corrected chi connectivity index (χ4v) is 2.01. The van der Waals surface area contributed by atoms with Crippen molar-refractivity contribution in [2.45, 2.75) is 71.8 Å². The Kier molecular flexibility index (Phi) is 7.26. The van der Waals surface area contributed by atoms with E-state index < -0.39 is 0 Å². The first-order valence-corrected chi connectivity index (χ1v) is 6.46. The molecule has 1 spiro atoms. The van der Waals surface area contributed by atoms with Gasteiger partial charge in [-0.1, -0.05) is 40.5 Å². The number of hydrogen-bond donors (Lipinski definition) is 0. The second-order valence-electron chi connectivity index (χ2n) is 4.31. The zero-order chi connectivity index (χ0) is 11.0. The van der Waals surface area contributed by atoms with Crippen molar-refractivity contribution in [3.63, 3.8) is 0 Å². The van der Waals surface area contributed by atoms with Crippen LogP contribution in [0.1, 0.15) is 66.2 Å². The molecule has 1 heteroatoms. The monoisotopic (exact) mass is 199 g/mol. The number of hydrogen-bond acceptors (Lipinski definition) is 1. The molecule has 2 aliphatic rings. The van der Waals surface area contributed by atoms with Crippen molar-refractivity contribution in [2.24, 2.45) is 0 Å². The summed E-state index contributed by atoms with van der Waals surface area (Å²) in [7, 11) is 2.28. The number of piperidine rings is 1. The molecule has 14 heavy (non-hydrogen) atoms. The van der Waals surface area contributed by atoms with Crippen LogP contribution in [-0.4, -0.2) is 24.0 Å². The minimum absolute atomic E-state index is 0.720. The third-order valence-corrected chi connectivity index (χ3v) is 3.02. The van der Waals surface area contributed by atoms with E-state index in [1.54, 1.807) is 0 Å². The van der Waals surface area contributed by atoms with Crippen LogP contribution >= 0.6 is 0 Å². The summed E-state index contributed by atoms with van der Waals surface area (Å²) < 4.78 is 0. The summed E-state index contributed by atoms with van der Waals surface area (Å²) in [6.07, 6.45) is 8.58. The van der Waals surface area contributed by atoms with E-state index in [4.69, 9.17) is 0 Å². The van der Waals surface area contributed by atoms with Gasteiger partial charge >= 0.3 is 0 Å². The lowest BCUT2D eigenvalue weighted by Gasteiger charge is -2.32. The van der Waals surface area contributed by atoms with Gasteiger partial charge in [-0.3, -0.25) is 0 Å². The van der Waals surface area contributed by atoms with Crippen molar-refractivity contribution in [3.8, 4) is 0 Å². The van der Waals surface area contributed by atoms with Gasteiger partial charge in [0.1, 0.15) is 0 Å². The van der Waals surface area contributed by atoms with E-state index in [2.05, 4.69) is 25.8 Å². The van der Waals surface area contributed by atoms with Crippen LogP contribution in [0.15, 0.2) is 0 Å². The highest BCUT2D eigenvalue weighted by Gasteiger charge is 2.46. The lowest BCUT2D eigenvalue weighted by atomic mass is 10.0. The summed E-state index contributed by atoms with van der Waals surface area (Å²) in [6, 6.07) is 0. The molecule has 2 rings (SSSR count). The Morgan fingerprint density at radius 2 is 1.50 bits per heavy atom. The van der Waals surface area contributed by atoms with Crippen molar-refractivity contribution in [2.75, 3.05) is 13.6 Å². The normalized spacial score (nSPS) is 22.9. The second kappa shape index (κ2) is 7.28. The van der Waals surface area contributed by atoms with E-state index in [1.165, 1.54) is 45.1 Å². The van der Waals surface area contributed by atoms with Crippen molar-refractivity contribution < 1.29 is 0 Å². The van der Waals surface area contributed by atoms with E-state index in [0.29, 0.717) is 0 Å². The molecule has 0 radical (unpaired) electrons. The molecular formula is C13H29N. The zero-order valence-electron chi connectivity index (χ0n) is 10.9. The van der Waals surface area contributed by atoms with Crippen LogP contribution in [0.2, 0.25) is 0 Å². The third kappa shape index (κ3) is 4.00. The van der Waals surface area contributed by atoms with Crippen LogP contribution in [0, 0.1) is 0 Å². The molecule has 1 saturated heterocycles. The first kappa shape index (κ1) is 14.0. The lowest BCUT2D eigenvalue weighted by molar-refractivity contribution is 0.165. The highest BCUT2D eigenvalue weighted by atomic mass is 15.2. The van der Waals surface area contributed by atoms with Crippen LogP contribution in [0.5, 0.6) is 0 Å². The molecule has 0 aromatic rings. The van der Waals surface area contributed by atoms with Gasteiger partial charge in [0.2, 0.25) is 0 Å². The molecule has 2 fully saturated rings. The summed E-state index contributed by atoms with van der Waals surface area (Å²) in [6.45, 7) is 9.60. The second-order valence-corrected chi connectivity index (χ2v) is 4.31. The molecule has 0 N–H and O–H groups in total. The molecule has 0 unspecified atom stereocenters.